The van der Waals surface area contributed by atoms with Crippen LogP contribution in [0.2, 0.25) is 0 Å². The average molecular weight is 328 g/mol. The Kier molecular flexibility index (Phi) is 3.80. The van der Waals surface area contributed by atoms with Crippen LogP contribution in [0, 0.1) is 11.6 Å². The fraction of sp³-hybridized carbons (Fsp3) is 0. The third-order valence-electron chi connectivity index (χ3n) is 2.37. The number of hydrogen-bond acceptors (Lipinski definition) is 2. The zero-order valence-corrected chi connectivity index (χ0v) is 11.0. The van der Waals surface area contributed by atoms with E-state index in [-0.39, 0.29) is 17.0 Å². The minimum Gasteiger partial charge on any atom is -0.508 e. The zero-order valence-electron chi connectivity index (χ0n) is 9.45. The molecule has 2 aromatic carbocycles. The molecule has 0 heterocycles. The fourth-order valence-corrected chi connectivity index (χ4v) is 1.89. The van der Waals surface area contributed by atoms with E-state index >= 15 is 0 Å². The first-order valence-electron chi connectivity index (χ1n) is 5.22. The largest absolute Gasteiger partial charge is 0.508 e. The molecule has 0 aliphatic heterocycles. The molecule has 0 aliphatic rings. The van der Waals surface area contributed by atoms with Gasteiger partial charge in [0.2, 0.25) is 0 Å². The monoisotopic (exact) mass is 327 g/mol. The zero-order chi connectivity index (χ0) is 14.0. The van der Waals surface area contributed by atoms with Crippen LogP contribution in [0.3, 0.4) is 0 Å². The summed E-state index contributed by atoms with van der Waals surface area (Å²) in [4.78, 5) is 11.9. The second-order valence-electron chi connectivity index (χ2n) is 3.75. The van der Waals surface area contributed by atoms with Crippen LogP contribution in [0.15, 0.2) is 40.9 Å². The number of anilines is 1. The van der Waals surface area contributed by atoms with Crippen LogP contribution in [0.1, 0.15) is 10.4 Å². The summed E-state index contributed by atoms with van der Waals surface area (Å²) in [7, 11) is 0. The Morgan fingerprint density at radius 2 is 1.84 bits per heavy atom. The Balaban J connectivity index is 2.25. The van der Waals surface area contributed by atoms with Crippen molar-refractivity contribution in [3.05, 3.63) is 58.1 Å². The number of carbonyl (C=O) groups is 1. The van der Waals surface area contributed by atoms with Crippen molar-refractivity contribution in [1.82, 2.24) is 0 Å². The molecule has 6 heteroatoms. The number of halogens is 3. The van der Waals surface area contributed by atoms with E-state index in [2.05, 4.69) is 21.2 Å². The van der Waals surface area contributed by atoms with Crippen LogP contribution in [-0.4, -0.2) is 11.0 Å². The lowest BCUT2D eigenvalue weighted by Gasteiger charge is -2.07. The minimum absolute atomic E-state index is 0.0707. The predicted octanol–water partition coefficient (Wildman–Crippen LogP) is 3.69. The maximum absolute atomic E-state index is 13.0. The molecule has 0 atom stereocenters. The lowest BCUT2D eigenvalue weighted by molar-refractivity contribution is 0.102. The molecule has 1 amide bonds. The summed E-state index contributed by atoms with van der Waals surface area (Å²) in [5.41, 5.74) is 0.309. The molecule has 0 saturated carbocycles. The van der Waals surface area contributed by atoms with Gasteiger partial charge in [-0.05, 0) is 46.3 Å². The predicted molar refractivity (Wildman–Crippen MR) is 70.1 cm³/mol. The van der Waals surface area contributed by atoms with Crippen LogP contribution in [0.5, 0.6) is 5.75 Å². The highest BCUT2D eigenvalue weighted by Crippen LogP contribution is 2.23. The third kappa shape index (κ3) is 3.08. The van der Waals surface area contributed by atoms with Crippen molar-refractivity contribution < 1.29 is 18.7 Å². The van der Waals surface area contributed by atoms with Crippen molar-refractivity contribution in [2.75, 3.05) is 5.32 Å². The normalized spacial score (nSPS) is 10.3. The van der Waals surface area contributed by atoms with E-state index in [1.54, 1.807) is 0 Å². The summed E-state index contributed by atoms with van der Waals surface area (Å²) < 4.78 is 26.2. The van der Waals surface area contributed by atoms with Gasteiger partial charge in [0.1, 0.15) is 5.75 Å². The molecule has 3 nitrogen and oxygen atoms in total. The number of hydrogen-bond donors (Lipinski definition) is 2. The van der Waals surface area contributed by atoms with Gasteiger partial charge >= 0.3 is 0 Å². The van der Waals surface area contributed by atoms with Crippen molar-refractivity contribution in [2.24, 2.45) is 0 Å². The molecule has 0 unspecified atom stereocenters. The van der Waals surface area contributed by atoms with Gasteiger partial charge in [0.25, 0.3) is 5.91 Å². The molecule has 0 aliphatic carbocycles. The number of carbonyl (C=O) groups excluding carboxylic acids is 1. The fourth-order valence-electron chi connectivity index (χ4n) is 1.46. The number of benzene rings is 2. The van der Waals surface area contributed by atoms with Gasteiger partial charge < -0.3 is 10.4 Å². The third-order valence-corrected chi connectivity index (χ3v) is 3.06. The van der Waals surface area contributed by atoms with Crippen LogP contribution in [0.25, 0.3) is 0 Å². The SMILES string of the molecule is O=C(Nc1ccc(F)c(F)c1)c1cc(O)ccc1Br. The molecule has 2 N–H and O–H groups in total. The molecular weight excluding hydrogens is 320 g/mol. The highest BCUT2D eigenvalue weighted by molar-refractivity contribution is 9.10. The molecule has 2 aromatic rings. The Bertz CT molecular complexity index is 647. The number of phenolic OH excluding ortho intramolecular Hbond substituents is 1. The van der Waals surface area contributed by atoms with Crippen LogP contribution in [0.4, 0.5) is 14.5 Å². The molecule has 0 saturated heterocycles. The Morgan fingerprint density at radius 3 is 2.53 bits per heavy atom. The molecule has 0 aromatic heterocycles. The summed E-state index contributed by atoms with van der Waals surface area (Å²) in [5, 5.41) is 11.7. The molecule has 0 fully saturated rings. The Hall–Kier alpha value is -1.95. The van der Waals surface area contributed by atoms with Crippen molar-refractivity contribution >= 4 is 27.5 Å². The van der Waals surface area contributed by atoms with E-state index in [1.165, 1.54) is 24.3 Å². The maximum atomic E-state index is 13.0. The molecular formula is C13H8BrF2NO2. The molecule has 19 heavy (non-hydrogen) atoms. The van der Waals surface area contributed by atoms with Crippen molar-refractivity contribution in [2.45, 2.75) is 0 Å². The van der Waals surface area contributed by atoms with Gasteiger partial charge in [-0.15, -0.1) is 0 Å². The Labute approximate surface area is 116 Å². The van der Waals surface area contributed by atoms with Crippen LogP contribution >= 0.6 is 15.9 Å². The lowest BCUT2D eigenvalue weighted by atomic mass is 10.2. The smallest absolute Gasteiger partial charge is 0.256 e. The topological polar surface area (TPSA) is 49.3 Å². The highest BCUT2D eigenvalue weighted by atomic mass is 79.9. The highest BCUT2D eigenvalue weighted by Gasteiger charge is 2.12. The summed E-state index contributed by atoms with van der Waals surface area (Å²) in [5.74, 6) is -2.66. The van der Waals surface area contributed by atoms with Gasteiger partial charge in [-0.25, -0.2) is 8.78 Å². The van der Waals surface area contributed by atoms with E-state index in [0.717, 1.165) is 12.1 Å². The van der Waals surface area contributed by atoms with Crippen molar-refractivity contribution in [3.8, 4) is 5.75 Å². The Morgan fingerprint density at radius 1 is 1.11 bits per heavy atom. The number of aromatic hydroxyl groups is 1. The van der Waals surface area contributed by atoms with Gasteiger partial charge in [-0.3, -0.25) is 4.79 Å². The summed E-state index contributed by atoms with van der Waals surface area (Å²) in [6.45, 7) is 0. The van der Waals surface area contributed by atoms with Crippen molar-refractivity contribution in [3.63, 3.8) is 0 Å². The number of phenols is 1. The lowest BCUT2D eigenvalue weighted by Crippen LogP contribution is -2.12. The van der Waals surface area contributed by atoms with E-state index in [4.69, 9.17) is 0 Å². The maximum Gasteiger partial charge on any atom is 0.256 e. The molecule has 2 rings (SSSR count). The summed E-state index contributed by atoms with van der Waals surface area (Å²) in [6, 6.07) is 7.23. The van der Waals surface area contributed by atoms with Gasteiger partial charge in [-0.2, -0.15) is 0 Å². The molecule has 0 bridgehead atoms. The summed E-state index contributed by atoms with van der Waals surface area (Å²) >= 11 is 3.16. The van der Waals surface area contributed by atoms with Crippen LogP contribution < -0.4 is 5.32 Å². The van der Waals surface area contributed by atoms with Crippen LogP contribution in [-0.2, 0) is 0 Å². The van der Waals surface area contributed by atoms with Gasteiger partial charge in [0.15, 0.2) is 11.6 Å². The standard InChI is InChI=1S/C13H8BrF2NO2/c14-10-3-2-8(18)6-9(10)13(19)17-7-1-4-11(15)12(16)5-7/h1-6,18H,(H,17,19). The summed E-state index contributed by atoms with van der Waals surface area (Å²) in [6.07, 6.45) is 0. The van der Waals surface area contributed by atoms with Gasteiger partial charge in [0.05, 0.1) is 5.56 Å². The quantitative estimate of drug-likeness (QED) is 0.883. The van der Waals surface area contributed by atoms with Gasteiger partial charge in [0, 0.05) is 16.2 Å². The average Bonchev–Trinajstić information content (AvgIpc) is 2.36. The first kappa shape index (κ1) is 13.5. The number of nitrogens with one attached hydrogen (secondary N) is 1. The van der Waals surface area contributed by atoms with E-state index in [9.17, 15) is 18.7 Å². The second-order valence-corrected chi connectivity index (χ2v) is 4.60. The van der Waals surface area contributed by atoms with E-state index in [0.29, 0.717) is 4.47 Å². The first-order valence-corrected chi connectivity index (χ1v) is 6.01. The minimum atomic E-state index is -1.05. The number of rotatable bonds is 2. The van der Waals surface area contributed by atoms with Crippen molar-refractivity contribution in [1.29, 1.82) is 0 Å². The molecule has 98 valence electrons. The first-order chi connectivity index (χ1) is 8.97. The van der Waals surface area contributed by atoms with Gasteiger partial charge in [-0.1, -0.05) is 0 Å². The second kappa shape index (κ2) is 5.36. The number of amides is 1. The van der Waals surface area contributed by atoms with E-state index < -0.39 is 17.5 Å². The molecule has 0 radical (unpaired) electrons. The molecule has 0 spiro atoms. The van der Waals surface area contributed by atoms with E-state index in [1.807, 2.05) is 0 Å².